The van der Waals surface area contributed by atoms with E-state index >= 15 is 0 Å². The maximum atomic E-state index is 5.73. The number of rotatable bonds is 2. The molecule has 0 fully saturated rings. The average Bonchev–Trinajstić information content (AvgIpc) is 2.66. The van der Waals surface area contributed by atoms with Gasteiger partial charge >= 0.3 is 0 Å². The van der Waals surface area contributed by atoms with Crippen molar-refractivity contribution in [1.82, 2.24) is 4.98 Å². The van der Waals surface area contributed by atoms with Crippen molar-refractivity contribution >= 4 is 11.3 Å². The summed E-state index contributed by atoms with van der Waals surface area (Å²) < 4.78 is 5.73. The second-order valence-electron chi connectivity index (χ2n) is 4.01. The summed E-state index contributed by atoms with van der Waals surface area (Å²) in [6.45, 7) is 1.39. The molecule has 0 aliphatic carbocycles. The number of nitrogens with zero attached hydrogens (tertiary/aromatic N) is 1. The zero-order valence-electron chi connectivity index (χ0n) is 9.48. The van der Waals surface area contributed by atoms with Gasteiger partial charge in [-0.15, -0.1) is 11.3 Å². The van der Waals surface area contributed by atoms with Crippen LogP contribution in [0.1, 0.15) is 9.88 Å². The summed E-state index contributed by atoms with van der Waals surface area (Å²) >= 11 is 1.77. The van der Waals surface area contributed by atoms with Gasteiger partial charge in [0.25, 0.3) is 0 Å². The van der Waals surface area contributed by atoms with Crippen LogP contribution in [0.3, 0.4) is 0 Å². The molecule has 0 saturated carbocycles. The van der Waals surface area contributed by atoms with Gasteiger partial charge in [0, 0.05) is 23.3 Å². The number of ether oxygens (including phenoxy) is 1. The van der Waals surface area contributed by atoms with Crippen LogP contribution in [0.25, 0.3) is 11.3 Å². The maximum Gasteiger partial charge on any atom is 0.128 e. The van der Waals surface area contributed by atoms with Crippen LogP contribution in [0, 0.1) is 0 Å². The van der Waals surface area contributed by atoms with Crippen LogP contribution in [0.2, 0.25) is 0 Å². The fraction of sp³-hybridized carbons (Fsp3) is 0.308. The van der Waals surface area contributed by atoms with Crippen molar-refractivity contribution in [3.05, 3.63) is 34.2 Å². The number of aromatic nitrogens is 1. The zero-order chi connectivity index (χ0) is 11.7. The molecule has 2 N–H and O–H groups in total. The number of benzene rings is 1. The van der Waals surface area contributed by atoms with Crippen LogP contribution < -0.4 is 10.5 Å². The molecule has 2 aromatic rings. The molecule has 1 aromatic heterocycles. The molecule has 1 aliphatic heterocycles. The molecule has 0 radical (unpaired) electrons. The van der Waals surface area contributed by atoms with E-state index in [1.54, 1.807) is 11.3 Å². The topological polar surface area (TPSA) is 48.1 Å². The number of hydrogen-bond acceptors (Lipinski definition) is 4. The summed E-state index contributed by atoms with van der Waals surface area (Å²) in [6.07, 6.45) is 1.80. The lowest BCUT2D eigenvalue weighted by Gasteiger charge is -2.05. The first kappa shape index (κ1) is 10.7. The minimum absolute atomic E-state index is 0.657. The van der Waals surface area contributed by atoms with Gasteiger partial charge in [0.2, 0.25) is 0 Å². The molecule has 17 heavy (non-hydrogen) atoms. The second-order valence-corrected chi connectivity index (χ2v) is 5.18. The van der Waals surface area contributed by atoms with Crippen molar-refractivity contribution in [1.29, 1.82) is 0 Å². The summed E-state index contributed by atoms with van der Waals surface area (Å²) in [6, 6.07) is 8.11. The minimum atomic E-state index is 0.657. The van der Waals surface area contributed by atoms with Crippen molar-refractivity contribution in [3.8, 4) is 17.0 Å². The smallest absolute Gasteiger partial charge is 0.128 e. The molecule has 0 amide bonds. The predicted molar refractivity (Wildman–Crippen MR) is 69.5 cm³/mol. The molecular weight excluding hydrogens is 232 g/mol. The lowest BCUT2D eigenvalue weighted by molar-refractivity contribution is 0.327. The van der Waals surface area contributed by atoms with Crippen LogP contribution >= 0.6 is 11.3 Å². The summed E-state index contributed by atoms with van der Waals surface area (Å²) in [5.74, 6) is 0.941. The highest BCUT2D eigenvalue weighted by atomic mass is 32.1. The Hall–Kier alpha value is -1.39. The highest BCUT2D eigenvalue weighted by Gasteiger charge is 2.19. The van der Waals surface area contributed by atoms with Crippen molar-refractivity contribution < 1.29 is 4.74 Å². The molecule has 2 heterocycles. The average molecular weight is 246 g/mol. The molecule has 3 rings (SSSR count). The third-order valence-electron chi connectivity index (χ3n) is 2.83. The fourth-order valence-corrected chi connectivity index (χ4v) is 3.13. The Morgan fingerprint density at radius 1 is 1.35 bits per heavy atom. The standard InChI is InChI=1S/C13H14N2OS/c14-7-5-12-15-13-9-3-1-2-4-10(9)16-8-6-11(13)17-12/h1-4H,5-8,14H2. The summed E-state index contributed by atoms with van der Waals surface area (Å²) in [5.41, 5.74) is 7.79. The Morgan fingerprint density at radius 2 is 2.24 bits per heavy atom. The van der Waals surface area contributed by atoms with Gasteiger partial charge in [-0.3, -0.25) is 0 Å². The maximum absolute atomic E-state index is 5.73. The van der Waals surface area contributed by atoms with Gasteiger partial charge in [-0.2, -0.15) is 0 Å². The van der Waals surface area contributed by atoms with Crippen molar-refractivity contribution in [2.24, 2.45) is 5.73 Å². The van der Waals surface area contributed by atoms with E-state index in [-0.39, 0.29) is 0 Å². The van der Waals surface area contributed by atoms with Crippen LogP contribution in [0.5, 0.6) is 5.75 Å². The monoisotopic (exact) mass is 246 g/mol. The Labute approximate surface area is 104 Å². The van der Waals surface area contributed by atoms with Crippen LogP contribution in [-0.4, -0.2) is 18.1 Å². The van der Waals surface area contributed by atoms with Crippen molar-refractivity contribution in [3.63, 3.8) is 0 Å². The van der Waals surface area contributed by atoms with Gasteiger partial charge in [0.05, 0.1) is 17.3 Å². The first-order valence-electron chi connectivity index (χ1n) is 5.79. The minimum Gasteiger partial charge on any atom is -0.493 e. The third-order valence-corrected chi connectivity index (χ3v) is 4.00. The van der Waals surface area contributed by atoms with Gasteiger partial charge in [-0.1, -0.05) is 12.1 Å². The normalized spacial score (nSPS) is 13.5. The van der Waals surface area contributed by atoms with Crippen molar-refractivity contribution in [2.45, 2.75) is 12.8 Å². The number of para-hydroxylation sites is 1. The highest BCUT2D eigenvalue weighted by molar-refractivity contribution is 7.12. The number of hydrogen-bond donors (Lipinski definition) is 1. The van der Waals surface area contributed by atoms with Gasteiger partial charge in [-0.25, -0.2) is 4.98 Å². The Bertz CT molecular complexity index is 536. The van der Waals surface area contributed by atoms with Gasteiger partial charge < -0.3 is 10.5 Å². The van der Waals surface area contributed by atoms with E-state index in [1.807, 2.05) is 18.2 Å². The molecule has 0 spiro atoms. The molecular formula is C13H14N2OS. The zero-order valence-corrected chi connectivity index (χ0v) is 10.3. The molecule has 88 valence electrons. The van der Waals surface area contributed by atoms with Crippen molar-refractivity contribution in [2.75, 3.05) is 13.2 Å². The van der Waals surface area contributed by atoms with Gasteiger partial charge in [0.15, 0.2) is 0 Å². The third kappa shape index (κ3) is 1.94. The summed E-state index contributed by atoms with van der Waals surface area (Å²) in [4.78, 5) is 6.02. The summed E-state index contributed by atoms with van der Waals surface area (Å²) in [5, 5.41) is 1.13. The quantitative estimate of drug-likeness (QED) is 0.884. The van der Waals surface area contributed by atoms with Crippen LogP contribution in [0.4, 0.5) is 0 Å². The molecule has 0 saturated heterocycles. The molecule has 0 bridgehead atoms. The largest absolute Gasteiger partial charge is 0.493 e. The van der Waals surface area contributed by atoms with Crippen LogP contribution in [-0.2, 0) is 12.8 Å². The Balaban J connectivity index is 2.11. The molecule has 3 nitrogen and oxygen atoms in total. The first-order valence-corrected chi connectivity index (χ1v) is 6.61. The fourth-order valence-electron chi connectivity index (χ4n) is 2.05. The lowest BCUT2D eigenvalue weighted by Crippen LogP contribution is -2.02. The number of fused-ring (bicyclic) bond motifs is 3. The van der Waals surface area contributed by atoms with Gasteiger partial charge in [-0.05, 0) is 18.7 Å². The van der Waals surface area contributed by atoms with E-state index in [0.29, 0.717) is 6.54 Å². The molecule has 1 aliphatic rings. The summed E-state index contributed by atoms with van der Waals surface area (Å²) in [7, 11) is 0. The highest BCUT2D eigenvalue weighted by Crippen LogP contribution is 2.37. The number of thiazole rings is 1. The molecule has 0 unspecified atom stereocenters. The van der Waals surface area contributed by atoms with Gasteiger partial charge in [0.1, 0.15) is 5.75 Å². The van der Waals surface area contributed by atoms with E-state index in [2.05, 4.69) is 6.07 Å². The Kier molecular flexibility index (Phi) is 2.82. The van der Waals surface area contributed by atoms with Crippen LogP contribution in [0.15, 0.2) is 24.3 Å². The molecule has 4 heteroatoms. The van der Waals surface area contributed by atoms with E-state index in [4.69, 9.17) is 15.5 Å². The predicted octanol–water partition coefficient (Wildman–Crippen LogP) is 2.25. The number of nitrogens with two attached hydrogens (primary N) is 1. The Morgan fingerprint density at radius 3 is 3.12 bits per heavy atom. The van der Waals surface area contributed by atoms with E-state index < -0.39 is 0 Å². The second kappa shape index (κ2) is 4.47. The van der Waals surface area contributed by atoms with E-state index in [1.165, 1.54) is 4.88 Å². The SMILES string of the molecule is NCCc1nc2c(s1)CCOc1ccccc1-2. The van der Waals surface area contributed by atoms with E-state index in [9.17, 15) is 0 Å². The molecule has 1 aromatic carbocycles. The molecule has 0 atom stereocenters. The lowest BCUT2D eigenvalue weighted by atomic mass is 10.1. The van der Waals surface area contributed by atoms with E-state index in [0.717, 1.165) is 41.5 Å². The first-order chi connectivity index (χ1) is 8.38.